The van der Waals surface area contributed by atoms with Crippen molar-refractivity contribution < 1.29 is 53.5 Å². The zero-order valence-corrected chi connectivity index (χ0v) is 17.2. The molecule has 128 valence electrons. The van der Waals surface area contributed by atoms with E-state index in [-0.39, 0.29) is 41.1 Å². The Morgan fingerprint density at radius 2 is 2.08 bits per heavy atom. The van der Waals surface area contributed by atoms with E-state index in [1.165, 1.54) is 16.5 Å². The molecule has 1 N–H and O–H groups in total. The molecule has 4 rings (SSSR count). The number of hydrogen-bond acceptors (Lipinski definition) is 6. The van der Waals surface area contributed by atoms with Crippen molar-refractivity contribution in [1.29, 1.82) is 0 Å². The van der Waals surface area contributed by atoms with Crippen molar-refractivity contribution in [2.45, 2.75) is 44.6 Å². The third-order valence-electron chi connectivity index (χ3n) is 5.90. The first-order valence-corrected chi connectivity index (χ1v) is 8.83. The Morgan fingerprint density at radius 3 is 2.88 bits per heavy atom. The topological polar surface area (TPSA) is 71.0 Å². The summed E-state index contributed by atoms with van der Waals surface area (Å²) in [5, 5.41) is 25.8. The third-order valence-corrected chi connectivity index (χ3v) is 6.27. The van der Waals surface area contributed by atoms with Crippen LogP contribution in [0.25, 0.3) is 10.8 Å². The number of aliphatic hydroxyl groups is 1. The second-order valence-electron chi connectivity index (χ2n) is 6.96. The fourth-order valence-corrected chi connectivity index (χ4v) is 4.81. The zero-order chi connectivity index (χ0) is 16.7. The number of benzene rings is 2. The Kier molecular flexibility index (Phi) is 6.02. The normalized spacial score (nSPS) is 27.5. The van der Waals surface area contributed by atoms with E-state index in [0.29, 0.717) is 24.0 Å². The average molecular weight is 370 g/mol. The molecular weight excluding hydrogens is 351 g/mol. The molecule has 0 amide bonds. The molecule has 0 spiro atoms. The van der Waals surface area contributed by atoms with Gasteiger partial charge in [-0.05, 0) is 65.6 Å². The third kappa shape index (κ3) is 3.35. The van der Waals surface area contributed by atoms with Gasteiger partial charge in [-0.25, -0.2) is 0 Å². The van der Waals surface area contributed by atoms with Crippen molar-refractivity contribution in [1.82, 2.24) is 0 Å². The Hall–Kier alpha value is -0.310. The summed E-state index contributed by atoms with van der Waals surface area (Å²) in [6.07, 6.45) is 3.76. The maximum Gasteiger partial charge on any atom is 1.00 e. The molecule has 7 heteroatoms. The number of fused-ring (bicyclic) bond motifs is 5. The Bertz CT molecular complexity index is 770. The van der Waals surface area contributed by atoms with E-state index >= 15 is 0 Å². The van der Waals surface area contributed by atoms with Gasteiger partial charge in [0, 0.05) is 5.41 Å². The minimum absolute atomic E-state index is 0. The van der Waals surface area contributed by atoms with E-state index in [0.717, 1.165) is 31.1 Å². The van der Waals surface area contributed by atoms with Crippen LogP contribution in [0.15, 0.2) is 30.3 Å². The van der Waals surface area contributed by atoms with E-state index in [2.05, 4.69) is 34.5 Å². The van der Waals surface area contributed by atoms with Gasteiger partial charge < -0.3 is 14.5 Å². The molecule has 3 atom stereocenters. The fraction of sp³-hybridized carbons (Fsp3) is 0.444. The quantitative estimate of drug-likeness (QED) is 0.273. The zero-order valence-electron chi connectivity index (χ0n) is 14.4. The first kappa shape index (κ1) is 19.5. The summed E-state index contributed by atoms with van der Waals surface area (Å²) in [6.45, 7) is 2.23. The van der Waals surface area contributed by atoms with Crippen LogP contribution in [0, 0.1) is 5.41 Å². The number of rotatable bonds is 4. The maximum atomic E-state index is 10.4. The van der Waals surface area contributed by atoms with Gasteiger partial charge in [-0.3, -0.25) is 5.04 Å². The summed E-state index contributed by atoms with van der Waals surface area (Å²) in [7, 11) is 0. The Labute approximate surface area is 173 Å². The second-order valence-corrected chi connectivity index (χ2v) is 7.39. The molecule has 2 aliphatic carbocycles. The molecule has 2 aromatic rings. The van der Waals surface area contributed by atoms with E-state index in [1.54, 1.807) is 0 Å². The van der Waals surface area contributed by atoms with Gasteiger partial charge in [0.25, 0.3) is 12.3 Å². The largest absolute Gasteiger partial charge is 1.00 e. The van der Waals surface area contributed by atoms with Crippen molar-refractivity contribution >= 4 is 23.1 Å². The number of aliphatic hydroxyl groups excluding tert-OH is 1. The predicted molar refractivity (Wildman–Crippen MR) is 88.7 cm³/mol. The molecule has 0 aliphatic heterocycles. The Balaban J connectivity index is 0.00000182. The van der Waals surface area contributed by atoms with Gasteiger partial charge in [0.05, 0.1) is 6.10 Å². The molecular formula is C18H19NaO5S. The molecule has 1 fully saturated rings. The minimum Gasteiger partial charge on any atom is -0.691 e. The van der Waals surface area contributed by atoms with Crippen molar-refractivity contribution in [3.8, 4) is 5.75 Å². The van der Waals surface area contributed by atoms with Crippen LogP contribution >= 0.6 is 12.3 Å². The summed E-state index contributed by atoms with van der Waals surface area (Å²) in [6, 6.07) is 10.1. The van der Waals surface area contributed by atoms with Gasteiger partial charge in [-0.15, -0.1) is 4.33 Å². The van der Waals surface area contributed by atoms with Crippen molar-refractivity contribution in [3.63, 3.8) is 0 Å². The SMILES string of the molecule is CC12CCc3c(ccc4cc(OSOO[O-])ccc34)C1CC[C@@H]2O.[Na+]. The van der Waals surface area contributed by atoms with E-state index in [9.17, 15) is 10.4 Å². The molecule has 0 heterocycles. The second kappa shape index (κ2) is 7.74. The van der Waals surface area contributed by atoms with Gasteiger partial charge in [-0.1, -0.05) is 25.1 Å². The van der Waals surface area contributed by atoms with E-state index < -0.39 is 0 Å². The molecule has 5 nitrogen and oxygen atoms in total. The van der Waals surface area contributed by atoms with Gasteiger partial charge in [0.2, 0.25) is 0 Å². The Morgan fingerprint density at radius 1 is 1.24 bits per heavy atom. The van der Waals surface area contributed by atoms with Crippen molar-refractivity contribution in [3.05, 3.63) is 41.5 Å². The molecule has 0 bridgehead atoms. The van der Waals surface area contributed by atoms with Crippen LogP contribution in [-0.4, -0.2) is 11.2 Å². The first-order chi connectivity index (χ1) is 11.6. The van der Waals surface area contributed by atoms with Crippen LogP contribution in [-0.2, 0) is 15.8 Å². The van der Waals surface area contributed by atoms with E-state index in [1.807, 2.05) is 12.1 Å². The van der Waals surface area contributed by atoms with Gasteiger partial charge >= 0.3 is 29.6 Å². The minimum atomic E-state index is -0.192. The van der Waals surface area contributed by atoms with Gasteiger partial charge in [-0.2, -0.15) is 0 Å². The van der Waals surface area contributed by atoms with Crippen LogP contribution < -0.4 is 39.0 Å². The van der Waals surface area contributed by atoms with Crippen LogP contribution in [0.5, 0.6) is 5.75 Å². The van der Waals surface area contributed by atoms with E-state index in [4.69, 9.17) is 4.18 Å². The van der Waals surface area contributed by atoms with Crippen molar-refractivity contribution in [2.75, 3.05) is 0 Å². The van der Waals surface area contributed by atoms with Gasteiger partial charge in [0.1, 0.15) is 5.75 Å². The molecule has 2 unspecified atom stereocenters. The molecule has 2 aliphatic rings. The maximum absolute atomic E-state index is 10.4. The smallest absolute Gasteiger partial charge is 0.691 e. The summed E-state index contributed by atoms with van der Waals surface area (Å²) in [4.78, 5) is 0. The standard InChI is InChI=1S/C18H20O5S.Na/c1-18-9-8-14-13-5-3-12(21-24-23-22-20)10-11(13)2-4-15(14)16(18)6-7-17(18)19;/h2-5,10,16-17,19-20H,6-9H2,1H3;/q;+1/p-1/t16?,17-,18?;/m0./s1. The summed E-state index contributed by atoms with van der Waals surface area (Å²) >= 11 is 0.493. The van der Waals surface area contributed by atoms with Gasteiger partial charge in [0.15, 0.2) is 0 Å². The fourth-order valence-electron chi connectivity index (χ4n) is 4.57. The van der Waals surface area contributed by atoms with Crippen LogP contribution in [0.3, 0.4) is 0 Å². The number of hydrogen-bond donors (Lipinski definition) is 1. The van der Waals surface area contributed by atoms with Crippen LogP contribution in [0.4, 0.5) is 0 Å². The predicted octanol–water partition coefficient (Wildman–Crippen LogP) is 0.200. The molecule has 0 radical (unpaired) electrons. The van der Waals surface area contributed by atoms with Crippen LogP contribution in [0.2, 0.25) is 0 Å². The summed E-state index contributed by atoms with van der Waals surface area (Å²) in [5.41, 5.74) is 2.79. The molecule has 0 saturated heterocycles. The molecule has 25 heavy (non-hydrogen) atoms. The molecule has 1 saturated carbocycles. The van der Waals surface area contributed by atoms with Crippen LogP contribution in [0.1, 0.15) is 43.2 Å². The summed E-state index contributed by atoms with van der Waals surface area (Å²) < 4.78 is 9.36. The first-order valence-electron chi connectivity index (χ1n) is 8.17. The molecule has 2 aromatic carbocycles. The monoisotopic (exact) mass is 370 g/mol. The summed E-state index contributed by atoms with van der Waals surface area (Å²) in [5.74, 6) is 1.04. The number of aryl methyl sites for hydroxylation is 1. The average Bonchev–Trinajstić information content (AvgIpc) is 2.90. The molecule has 0 aromatic heterocycles. The van der Waals surface area contributed by atoms with Crippen molar-refractivity contribution in [2.24, 2.45) is 5.41 Å².